The predicted octanol–water partition coefficient (Wildman–Crippen LogP) is 7.06. The molecule has 2 aliphatic rings. The molecule has 2 heterocycles. The van der Waals surface area contributed by atoms with Crippen molar-refractivity contribution < 1.29 is 72.1 Å². The Morgan fingerprint density at radius 1 is 0.562 bits per heavy atom. The zero-order valence-corrected chi connectivity index (χ0v) is 40.2. The minimum absolute atomic E-state index is 0. The first-order chi connectivity index (χ1) is 35.1. The minimum atomic E-state index is -1.30. The second-order valence-corrected chi connectivity index (χ2v) is 16.8. The van der Waals surface area contributed by atoms with Gasteiger partial charge in [-0.25, -0.2) is 24.0 Å². The zero-order chi connectivity index (χ0) is 50.7. The molecule has 6 aromatic rings. The Hall–Kier alpha value is -7.86. The van der Waals surface area contributed by atoms with Crippen LogP contribution >= 0.6 is 0 Å². The van der Waals surface area contributed by atoms with Crippen LogP contribution in [-0.4, -0.2) is 111 Å². The number of Topliss-reactive ketones (excluding diaryl/α,β-unsaturated/α-hetero) is 1. The van der Waals surface area contributed by atoms with Crippen molar-refractivity contribution in [1.29, 1.82) is 0 Å². The van der Waals surface area contributed by atoms with E-state index in [0.717, 1.165) is 5.56 Å². The number of nitrogens with one attached hydrogen (secondary N) is 1. The Balaban J connectivity index is 0.000000259. The number of esters is 5. The molecule has 3 N–H and O–H groups in total. The van der Waals surface area contributed by atoms with Crippen LogP contribution in [0.15, 0.2) is 182 Å². The van der Waals surface area contributed by atoms with Crippen molar-refractivity contribution in [3.8, 4) is 0 Å². The maximum Gasteiger partial charge on any atom is 0.340 e. The van der Waals surface area contributed by atoms with Crippen LogP contribution in [0.25, 0.3) is 0 Å². The van der Waals surface area contributed by atoms with Gasteiger partial charge in [-0.3, -0.25) is 10.1 Å². The lowest BCUT2D eigenvalue weighted by molar-refractivity contribution is -0.214. The van der Waals surface area contributed by atoms with Crippen molar-refractivity contribution >= 4 is 35.6 Å². The summed E-state index contributed by atoms with van der Waals surface area (Å²) in [5.41, 5.74) is 2.89. The molecule has 8 unspecified atom stereocenters. The van der Waals surface area contributed by atoms with E-state index in [4.69, 9.17) is 37.9 Å². The normalized spacial score (nSPS) is 21.0. The van der Waals surface area contributed by atoms with Gasteiger partial charge in [0.1, 0.15) is 24.9 Å². The van der Waals surface area contributed by atoms with E-state index in [1.165, 1.54) is 7.11 Å². The molecule has 0 bridgehead atoms. The van der Waals surface area contributed by atoms with Gasteiger partial charge in [0.25, 0.3) is 0 Å². The summed E-state index contributed by atoms with van der Waals surface area (Å²) in [6.45, 7) is 1.89. The second-order valence-electron chi connectivity index (χ2n) is 16.8. The first-order valence-electron chi connectivity index (χ1n) is 23.4. The van der Waals surface area contributed by atoms with Gasteiger partial charge in [-0.2, -0.15) is 0 Å². The third-order valence-electron chi connectivity index (χ3n) is 11.8. The number of carbonyl (C=O) groups is 6. The lowest BCUT2D eigenvalue weighted by atomic mass is 9.91. The smallest absolute Gasteiger partial charge is 0.340 e. The van der Waals surface area contributed by atoms with Crippen molar-refractivity contribution in [2.75, 3.05) is 26.9 Å². The van der Waals surface area contributed by atoms with E-state index in [-0.39, 0.29) is 48.9 Å². The highest BCUT2D eigenvalue weighted by Crippen LogP contribution is 2.30. The largest absolute Gasteiger partial charge is 0.467 e. The Kier molecular flexibility index (Phi) is 20.6. The highest BCUT2D eigenvalue weighted by Gasteiger charge is 2.46. The van der Waals surface area contributed by atoms with Gasteiger partial charge in [-0.1, -0.05) is 140 Å². The van der Waals surface area contributed by atoms with Crippen molar-refractivity contribution in [2.45, 2.75) is 62.8 Å². The molecule has 0 radical (unpaired) electrons. The summed E-state index contributed by atoms with van der Waals surface area (Å²) >= 11 is 0. The summed E-state index contributed by atoms with van der Waals surface area (Å²) in [4.78, 5) is 76.5. The molecular formula is C57H57NO15. The minimum Gasteiger partial charge on any atom is -0.467 e. The molecule has 73 heavy (non-hydrogen) atoms. The van der Waals surface area contributed by atoms with Crippen LogP contribution in [0.3, 0.4) is 0 Å². The fraction of sp³-hybridized carbons (Fsp3) is 0.263. The quantitative estimate of drug-likeness (QED) is 0.0549. The molecule has 6 aromatic carbocycles. The fourth-order valence-corrected chi connectivity index (χ4v) is 8.02. The van der Waals surface area contributed by atoms with Gasteiger partial charge in [0, 0.05) is 17.9 Å². The highest BCUT2D eigenvalue weighted by atomic mass is 16.7. The molecule has 16 nitrogen and oxygen atoms in total. The van der Waals surface area contributed by atoms with Gasteiger partial charge in [0.2, 0.25) is 6.29 Å². The van der Waals surface area contributed by atoms with E-state index in [9.17, 15) is 28.8 Å². The Morgan fingerprint density at radius 3 is 1.49 bits per heavy atom. The number of ketones is 1. The number of methoxy groups -OCH3 is 1. The molecule has 8 rings (SSSR count). The molecule has 2 saturated heterocycles. The molecule has 0 aliphatic carbocycles. The van der Waals surface area contributed by atoms with Gasteiger partial charge in [-0.15, -0.1) is 0 Å². The van der Waals surface area contributed by atoms with E-state index < -0.39 is 72.7 Å². The zero-order valence-electron chi connectivity index (χ0n) is 40.2. The average Bonchev–Trinajstić information content (AvgIpc) is 3.43. The Morgan fingerprint density at radius 2 is 1.00 bits per heavy atom. The number of rotatable bonds is 17. The molecule has 0 spiro atoms. The van der Waals surface area contributed by atoms with Crippen LogP contribution < -0.4 is 5.32 Å². The summed E-state index contributed by atoms with van der Waals surface area (Å²) in [6.07, 6.45) is -4.83. The number of ether oxygens (including phenoxy) is 8. The molecule has 0 aromatic heterocycles. The summed E-state index contributed by atoms with van der Waals surface area (Å²) in [5.74, 6) is -3.32. The van der Waals surface area contributed by atoms with Crippen LogP contribution in [0.4, 0.5) is 0 Å². The molecule has 2 aliphatic heterocycles. The fourth-order valence-electron chi connectivity index (χ4n) is 8.02. The SMILES string of the molecule is COC(=O)C1OCC(OC(=O)c2ccccc2)C(OCc2ccccc2)C1C.O.O=C(CNC1C(OC(=O)c2ccccc2)CC(COC(=O)c2ccccc2)OC1OC(=O)c1ccccc1)c1ccccc1. The number of carbonyl (C=O) groups excluding carboxylic acids is 6. The standard InChI is InChI=1S/C35H31NO8.C22H24O6.H2O/c37-29(24-13-5-1-6-14-24)22-36-31-30(43-33(39)26-17-9-3-10-18-26)21-28(23-41-32(38)25-15-7-2-8-16-25)42-35(31)44-34(40)27-19-11-4-12-20-27;1-15-19(26-13-16-9-5-3-6-10-16)18(14-27-20(15)22(24)25-2)28-21(23)17-11-7-4-8-12-17;/h1-20,28,30-31,35-36H,21-23H2;3-12,15,18-20H,13-14H2,1-2H3;1H2. The third-order valence-corrected chi connectivity index (χ3v) is 11.8. The van der Waals surface area contributed by atoms with Crippen LogP contribution in [0, 0.1) is 5.92 Å². The molecule has 2 fully saturated rings. The van der Waals surface area contributed by atoms with Crippen LogP contribution in [0.1, 0.15) is 70.7 Å². The van der Waals surface area contributed by atoms with E-state index in [1.807, 2.05) is 49.4 Å². The van der Waals surface area contributed by atoms with Gasteiger partial charge in [0.05, 0.1) is 55.2 Å². The second kappa shape index (κ2) is 27.7. The number of hydrogen-bond donors (Lipinski definition) is 1. The van der Waals surface area contributed by atoms with E-state index in [2.05, 4.69) is 5.32 Å². The number of benzene rings is 6. The first-order valence-corrected chi connectivity index (χ1v) is 23.4. The van der Waals surface area contributed by atoms with Crippen molar-refractivity contribution in [3.63, 3.8) is 0 Å². The average molecular weight is 996 g/mol. The molecule has 380 valence electrons. The van der Waals surface area contributed by atoms with Crippen molar-refractivity contribution in [1.82, 2.24) is 5.32 Å². The topological polar surface area (TPSA) is 220 Å². The van der Waals surface area contributed by atoms with Crippen molar-refractivity contribution in [2.24, 2.45) is 5.92 Å². The Labute approximate surface area is 422 Å². The third kappa shape index (κ3) is 15.6. The highest BCUT2D eigenvalue weighted by molar-refractivity contribution is 5.97. The summed E-state index contributed by atoms with van der Waals surface area (Å²) in [6, 6.07) is 51.5. The molecule has 0 amide bonds. The van der Waals surface area contributed by atoms with Crippen molar-refractivity contribution in [3.05, 3.63) is 215 Å². The van der Waals surface area contributed by atoms with Gasteiger partial charge in [0.15, 0.2) is 18.0 Å². The molecular weight excluding hydrogens is 939 g/mol. The first kappa shape index (κ1) is 54.5. The van der Waals surface area contributed by atoms with Crippen LogP contribution in [-0.2, 0) is 49.3 Å². The molecule has 0 saturated carbocycles. The summed E-state index contributed by atoms with van der Waals surface area (Å²) in [5, 5.41) is 3.11. The molecule has 16 heteroatoms. The van der Waals surface area contributed by atoms with E-state index in [0.29, 0.717) is 28.9 Å². The molecule has 8 atom stereocenters. The monoisotopic (exact) mass is 995 g/mol. The van der Waals surface area contributed by atoms with E-state index in [1.54, 1.807) is 140 Å². The lowest BCUT2D eigenvalue weighted by Crippen LogP contribution is -2.59. The van der Waals surface area contributed by atoms with Gasteiger partial charge >= 0.3 is 29.8 Å². The summed E-state index contributed by atoms with van der Waals surface area (Å²) < 4.78 is 45.6. The maximum absolute atomic E-state index is 13.2. The van der Waals surface area contributed by atoms with E-state index >= 15 is 0 Å². The summed E-state index contributed by atoms with van der Waals surface area (Å²) in [7, 11) is 1.32. The van der Waals surface area contributed by atoms with Crippen LogP contribution in [0.5, 0.6) is 0 Å². The lowest BCUT2D eigenvalue weighted by Gasteiger charge is -2.40. The van der Waals surface area contributed by atoms with Crippen LogP contribution in [0.2, 0.25) is 0 Å². The van der Waals surface area contributed by atoms with Gasteiger partial charge < -0.3 is 43.4 Å². The number of hydrogen-bond acceptors (Lipinski definition) is 15. The van der Waals surface area contributed by atoms with Gasteiger partial charge in [-0.05, 0) is 54.1 Å². The predicted molar refractivity (Wildman–Crippen MR) is 265 cm³/mol. The maximum atomic E-state index is 13.2. The Bertz CT molecular complexity index is 2620.